The van der Waals surface area contributed by atoms with E-state index in [1.165, 1.54) is 0 Å². The van der Waals surface area contributed by atoms with Gasteiger partial charge in [-0.05, 0) is 68.4 Å². The number of hydrogen-bond donors (Lipinski definition) is 2. The SMILES string of the molecule is CC(C)Oc1cc2c(cc1O)CC(=O)N(C1CCC(N)CC1)C2c1ccccc1. The van der Waals surface area contributed by atoms with Gasteiger partial charge in [0.25, 0.3) is 0 Å². The van der Waals surface area contributed by atoms with Crippen molar-refractivity contribution in [2.75, 3.05) is 0 Å². The lowest BCUT2D eigenvalue weighted by Gasteiger charge is -2.44. The van der Waals surface area contributed by atoms with Gasteiger partial charge in [-0.2, -0.15) is 0 Å². The predicted molar refractivity (Wildman–Crippen MR) is 113 cm³/mol. The monoisotopic (exact) mass is 394 g/mol. The van der Waals surface area contributed by atoms with Gasteiger partial charge in [0.2, 0.25) is 5.91 Å². The number of nitrogens with two attached hydrogens (primary N) is 1. The van der Waals surface area contributed by atoms with Crippen molar-refractivity contribution < 1.29 is 14.6 Å². The topological polar surface area (TPSA) is 75.8 Å². The predicted octanol–water partition coefficient (Wildman–Crippen LogP) is 3.92. The number of fused-ring (bicyclic) bond motifs is 1. The fourth-order valence-electron chi connectivity index (χ4n) is 4.70. The van der Waals surface area contributed by atoms with Crippen LogP contribution >= 0.6 is 0 Å². The second-order valence-corrected chi connectivity index (χ2v) is 8.54. The molecule has 2 aromatic carbocycles. The number of amides is 1. The van der Waals surface area contributed by atoms with Crippen LogP contribution in [0.1, 0.15) is 62.3 Å². The second kappa shape index (κ2) is 8.07. The Bertz CT molecular complexity index is 873. The van der Waals surface area contributed by atoms with E-state index in [9.17, 15) is 9.90 Å². The number of carbonyl (C=O) groups excluding carboxylic acids is 1. The van der Waals surface area contributed by atoms with Crippen LogP contribution in [-0.2, 0) is 11.2 Å². The molecule has 1 aliphatic carbocycles. The molecule has 3 N–H and O–H groups in total. The van der Waals surface area contributed by atoms with Crippen molar-refractivity contribution in [1.29, 1.82) is 0 Å². The highest BCUT2D eigenvalue weighted by Crippen LogP contribution is 2.43. The number of benzene rings is 2. The van der Waals surface area contributed by atoms with E-state index in [0.717, 1.165) is 42.4 Å². The molecule has 1 fully saturated rings. The van der Waals surface area contributed by atoms with Crippen molar-refractivity contribution in [2.45, 2.75) is 70.2 Å². The van der Waals surface area contributed by atoms with E-state index >= 15 is 0 Å². The molecule has 4 rings (SSSR count). The Kier molecular flexibility index (Phi) is 5.50. The third kappa shape index (κ3) is 3.97. The fraction of sp³-hybridized carbons (Fsp3) is 0.458. The summed E-state index contributed by atoms with van der Waals surface area (Å²) in [6.45, 7) is 3.88. The van der Waals surface area contributed by atoms with Crippen LogP contribution in [0.5, 0.6) is 11.5 Å². The zero-order valence-electron chi connectivity index (χ0n) is 17.2. The van der Waals surface area contributed by atoms with Crippen LogP contribution in [0.15, 0.2) is 42.5 Å². The zero-order valence-corrected chi connectivity index (χ0v) is 17.2. The summed E-state index contributed by atoms with van der Waals surface area (Å²) in [5, 5.41) is 10.4. The van der Waals surface area contributed by atoms with E-state index < -0.39 is 0 Å². The van der Waals surface area contributed by atoms with Gasteiger partial charge >= 0.3 is 0 Å². The van der Waals surface area contributed by atoms with Gasteiger partial charge in [0, 0.05) is 12.1 Å². The van der Waals surface area contributed by atoms with E-state index in [-0.39, 0.29) is 35.9 Å². The van der Waals surface area contributed by atoms with Gasteiger partial charge in [0.1, 0.15) is 0 Å². The highest BCUT2D eigenvalue weighted by atomic mass is 16.5. The molecule has 0 spiro atoms. The molecule has 29 heavy (non-hydrogen) atoms. The van der Waals surface area contributed by atoms with Crippen LogP contribution in [-0.4, -0.2) is 34.1 Å². The van der Waals surface area contributed by atoms with Gasteiger partial charge in [0.05, 0.1) is 18.6 Å². The molecular weight excluding hydrogens is 364 g/mol. The van der Waals surface area contributed by atoms with Crippen LogP contribution in [0, 0.1) is 0 Å². The molecular formula is C24H30N2O3. The van der Waals surface area contributed by atoms with Crippen molar-refractivity contribution in [1.82, 2.24) is 4.90 Å². The van der Waals surface area contributed by atoms with E-state index in [0.29, 0.717) is 12.2 Å². The summed E-state index contributed by atoms with van der Waals surface area (Å²) in [5.74, 6) is 0.678. The molecule has 2 aromatic rings. The van der Waals surface area contributed by atoms with E-state index in [1.54, 1.807) is 6.07 Å². The molecule has 1 saturated carbocycles. The first-order valence-corrected chi connectivity index (χ1v) is 10.6. The molecule has 1 unspecified atom stereocenters. The quantitative estimate of drug-likeness (QED) is 0.824. The number of phenols is 1. The first kappa shape index (κ1) is 19.8. The van der Waals surface area contributed by atoms with Crippen molar-refractivity contribution in [3.8, 4) is 11.5 Å². The summed E-state index contributed by atoms with van der Waals surface area (Å²) >= 11 is 0. The molecule has 1 atom stereocenters. The van der Waals surface area contributed by atoms with Crippen LogP contribution in [0.4, 0.5) is 0 Å². The summed E-state index contributed by atoms with van der Waals surface area (Å²) in [6.07, 6.45) is 4.00. The van der Waals surface area contributed by atoms with Crippen molar-refractivity contribution in [3.63, 3.8) is 0 Å². The minimum atomic E-state index is -0.179. The molecule has 0 saturated heterocycles. The number of nitrogens with zero attached hydrogens (tertiary/aromatic N) is 1. The number of phenolic OH excluding ortho intramolecular Hbond substituents is 1. The highest BCUT2D eigenvalue weighted by molar-refractivity contribution is 5.83. The van der Waals surface area contributed by atoms with Gasteiger partial charge in [-0.3, -0.25) is 4.79 Å². The number of rotatable bonds is 4. The summed E-state index contributed by atoms with van der Waals surface area (Å²) in [5.41, 5.74) is 9.12. The Hall–Kier alpha value is -2.53. The third-order valence-corrected chi connectivity index (χ3v) is 6.04. The summed E-state index contributed by atoms with van der Waals surface area (Å²) < 4.78 is 5.85. The molecule has 0 aromatic heterocycles. The van der Waals surface area contributed by atoms with Crippen molar-refractivity contribution >= 4 is 5.91 Å². The maximum absolute atomic E-state index is 13.3. The lowest BCUT2D eigenvalue weighted by atomic mass is 9.83. The van der Waals surface area contributed by atoms with Crippen LogP contribution < -0.4 is 10.5 Å². The minimum absolute atomic E-state index is 0.0460. The van der Waals surface area contributed by atoms with E-state index in [1.807, 2.05) is 38.1 Å². The standard InChI is InChI=1S/C24H30N2O3/c1-15(2)29-22-14-20-17(12-21(22)27)13-23(28)26(19-10-8-18(25)9-11-19)24(20)16-6-4-3-5-7-16/h3-7,12,14-15,18-19,24,27H,8-11,13,25H2,1-2H3. The zero-order chi connectivity index (χ0) is 20.5. The van der Waals surface area contributed by atoms with Gasteiger partial charge in [-0.15, -0.1) is 0 Å². The molecule has 5 nitrogen and oxygen atoms in total. The van der Waals surface area contributed by atoms with Gasteiger partial charge in [-0.25, -0.2) is 0 Å². The van der Waals surface area contributed by atoms with Crippen molar-refractivity contribution in [3.05, 3.63) is 59.2 Å². The van der Waals surface area contributed by atoms with Gasteiger partial charge in [0.15, 0.2) is 11.5 Å². The normalized spacial score (nSPS) is 24.5. The summed E-state index contributed by atoms with van der Waals surface area (Å²) in [4.78, 5) is 15.3. The van der Waals surface area contributed by atoms with Gasteiger partial charge in [-0.1, -0.05) is 30.3 Å². The lowest BCUT2D eigenvalue weighted by molar-refractivity contribution is -0.136. The average molecular weight is 395 g/mol. The maximum Gasteiger partial charge on any atom is 0.228 e. The molecule has 1 aliphatic heterocycles. The lowest BCUT2D eigenvalue weighted by Crippen LogP contribution is -2.49. The Labute approximate surface area is 172 Å². The summed E-state index contributed by atoms with van der Waals surface area (Å²) in [7, 11) is 0. The minimum Gasteiger partial charge on any atom is -0.504 e. The van der Waals surface area contributed by atoms with Crippen molar-refractivity contribution in [2.24, 2.45) is 5.73 Å². The Morgan fingerprint density at radius 2 is 1.79 bits per heavy atom. The molecule has 1 amide bonds. The maximum atomic E-state index is 13.3. The molecule has 0 radical (unpaired) electrons. The van der Waals surface area contributed by atoms with Gasteiger partial charge < -0.3 is 20.5 Å². The number of ether oxygens (including phenoxy) is 1. The molecule has 0 bridgehead atoms. The van der Waals surface area contributed by atoms with Crippen LogP contribution in [0.3, 0.4) is 0 Å². The summed E-state index contributed by atoms with van der Waals surface area (Å²) in [6, 6.07) is 14.0. The Balaban J connectivity index is 1.81. The molecule has 2 aliphatic rings. The fourth-order valence-corrected chi connectivity index (χ4v) is 4.70. The first-order chi connectivity index (χ1) is 13.9. The van der Waals surface area contributed by atoms with Crippen LogP contribution in [0.2, 0.25) is 0 Å². The van der Waals surface area contributed by atoms with E-state index in [2.05, 4.69) is 17.0 Å². The van der Waals surface area contributed by atoms with Crippen LogP contribution in [0.25, 0.3) is 0 Å². The second-order valence-electron chi connectivity index (χ2n) is 8.54. The Morgan fingerprint density at radius 1 is 1.10 bits per heavy atom. The number of carbonyl (C=O) groups is 1. The number of hydrogen-bond acceptors (Lipinski definition) is 4. The highest BCUT2D eigenvalue weighted by Gasteiger charge is 2.39. The van der Waals surface area contributed by atoms with E-state index in [4.69, 9.17) is 10.5 Å². The largest absolute Gasteiger partial charge is 0.504 e. The Morgan fingerprint density at radius 3 is 2.45 bits per heavy atom. The third-order valence-electron chi connectivity index (χ3n) is 6.04. The first-order valence-electron chi connectivity index (χ1n) is 10.6. The smallest absolute Gasteiger partial charge is 0.228 e. The average Bonchev–Trinajstić information content (AvgIpc) is 2.69. The number of aromatic hydroxyl groups is 1. The molecule has 154 valence electrons. The molecule has 5 heteroatoms. The molecule has 1 heterocycles.